The summed E-state index contributed by atoms with van der Waals surface area (Å²) in [6, 6.07) is 8.67. The highest BCUT2D eigenvalue weighted by molar-refractivity contribution is 5.28. The smallest absolute Gasteiger partial charge is 0.0899 e. The van der Waals surface area contributed by atoms with Gasteiger partial charge in [0.15, 0.2) is 0 Å². The van der Waals surface area contributed by atoms with Gasteiger partial charge in [0.25, 0.3) is 0 Å². The molecular weight excluding hydrogens is 232 g/mol. The summed E-state index contributed by atoms with van der Waals surface area (Å²) in [5, 5.41) is 11.0. The van der Waals surface area contributed by atoms with Crippen molar-refractivity contribution in [3.8, 4) is 0 Å². The van der Waals surface area contributed by atoms with Gasteiger partial charge in [-0.15, -0.1) is 0 Å². The number of hydrogen-bond donors (Lipinski definition) is 1. The Bertz CT molecular complexity index is 393. The first-order valence-electron chi connectivity index (χ1n) is 7.87. The van der Waals surface area contributed by atoms with Crippen LogP contribution in [0.2, 0.25) is 0 Å². The third kappa shape index (κ3) is 3.39. The second-order valence-electron chi connectivity index (χ2n) is 6.58. The van der Waals surface area contributed by atoms with Crippen LogP contribution in [0.4, 0.5) is 0 Å². The molecule has 1 fully saturated rings. The molecule has 2 rings (SSSR count). The molecule has 1 aliphatic carbocycles. The number of rotatable bonds is 4. The van der Waals surface area contributed by atoms with Crippen molar-refractivity contribution in [2.45, 2.75) is 64.9 Å². The first-order valence-corrected chi connectivity index (χ1v) is 7.87. The molecular formula is C18H28O. The zero-order valence-electron chi connectivity index (χ0n) is 12.7. The van der Waals surface area contributed by atoms with E-state index >= 15 is 0 Å². The lowest BCUT2D eigenvalue weighted by Gasteiger charge is -2.39. The molecule has 1 N–H and O–H groups in total. The predicted octanol–water partition coefficient (Wildman–Crippen LogP) is 4.67. The topological polar surface area (TPSA) is 20.2 Å². The van der Waals surface area contributed by atoms with Gasteiger partial charge in [-0.25, -0.2) is 0 Å². The van der Waals surface area contributed by atoms with Gasteiger partial charge in [-0.2, -0.15) is 0 Å². The van der Waals surface area contributed by atoms with Crippen LogP contribution in [0.1, 0.15) is 64.0 Å². The van der Waals surface area contributed by atoms with Gasteiger partial charge in [-0.05, 0) is 55.1 Å². The van der Waals surface area contributed by atoms with Crippen molar-refractivity contribution < 1.29 is 5.11 Å². The predicted molar refractivity (Wildman–Crippen MR) is 81.1 cm³/mol. The van der Waals surface area contributed by atoms with Crippen molar-refractivity contribution in [2.24, 2.45) is 11.8 Å². The highest BCUT2D eigenvalue weighted by atomic mass is 16.3. The molecule has 1 aliphatic rings. The fraction of sp³-hybridized carbons (Fsp3) is 0.667. The molecule has 2 unspecified atom stereocenters. The first kappa shape index (κ1) is 14.6. The zero-order chi connectivity index (χ0) is 13.9. The molecule has 1 nitrogen and oxygen atoms in total. The average molecular weight is 260 g/mol. The van der Waals surface area contributed by atoms with Crippen molar-refractivity contribution in [2.75, 3.05) is 0 Å². The van der Waals surface area contributed by atoms with Gasteiger partial charge in [0.1, 0.15) is 0 Å². The lowest BCUT2D eigenvalue weighted by Crippen LogP contribution is -2.34. The van der Waals surface area contributed by atoms with Gasteiger partial charge < -0.3 is 5.11 Å². The Kier molecular flexibility index (Phi) is 4.67. The van der Waals surface area contributed by atoms with Crippen molar-refractivity contribution in [3.63, 3.8) is 0 Å². The Morgan fingerprint density at radius 2 is 1.95 bits per heavy atom. The highest BCUT2D eigenvalue weighted by Crippen LogP contribution is 2.42. The molecule has 1 saturated carbocycles. The maximum atomic E-state index is 11.0. The molecule has 0 heterocycles. The van der Waals surface area contributed by atoms with Crippen molar-refractivity contribution in [1.82, 2.24) is 0 Å². The third-order valence-electron chi connectivity index (χ3n) is 4.74. The molecule has 0 bridgehead atoms. The number of hydrogen-bond acceptors (Lipinski definition) is 1. The summed E-state index contributed by atoms with van der Waals surface area (Å²) in [5.41, 5.74) is 1.92. The van der Waals surface area contributed by atoms with Gasteiger partial charge >= 0.3 is 0 Å². The van der Waals surface area contributed by atoms with E-state index in [1.807, 2.05) is 0 Å². The van der Waals surface area contributed by atoms with Gasteiger partial charge in [0.05, 0.1) is 5.60 Å². The summed E-state index contributed by atoms with van der Waals surface area (Å²) in [4.78, 5) is 0. The SMILES string of the molecule is CCCc1ccc(C2(O)CCCC(C(C)C)C2)cc1. The second kappa shape index (κ2) is 6.09. The van der Waals surface area contributed by atoms with Crippen LogP contribution >= 0.6 is 0 Å². The fourth-order valence-corrected chi connectivity index (χ4v) is 3.40. The molecule has 0 amide bonds. The Hall–Kier alpha value is -0.820. The number of benzene rings is 1. The molecule has 0 aliphatic heterocycles. The van der Waals surface area contributed by atoms with E-state index in [1.54, 1.807) is 0 Å². The summed E-state index contributed by atoms with van der Waals surface area (Å²) >= 11 is 0. The zero-order valence-corrected chi connectivity index (χ0v) is 12.7. The summed E-state index contributed by atoms with van der Waals surface area (Å²) in [5.74, 6) is 1.33. The van der Waals surface area contributed by atoms with Gasteiger partial charge in [0, 0.05) is 0 Å². The van der Waals surface area contributed by atoms with Crippen LogP contribution in [0.3, 0.4) is 0 Å². The second-order valence-corrected chi connectivity index (χ2v) is 6.58. The van der Waals surface area contributed by atoms with Crippen LogP contribution in [-0.4, -0.2) is 5.11 Å². The van der Waals surface area contributed by atoms with Crippen molar-refractivity contribution in [3.05, 3.63) is 35.4 Å². The molecule has 1 aromatic carbocycles. The van der Waals surface area contributed by atoms with Crippen LogP contribution in [0.5, 0.6) is 0 Å². The minimum absolute atomic E-state index is 0.585. The summed E-state index contributed by atoms with van der Waals surface area (Å²) in [6.07, 6.45) is 6.58. The molecule has 2 atom stereocenters. The number of aliphatic hydroxyl groups is 1. The average Bonchev–Trinajstić information content (AvgIpc) is 2.40. The third-order valence-corrected chi connectivity index (χ3v) is 4.74. The van der Waals surface area contributed by atoms with E-state index in [4.69, 9.17) is 0 Å². The van der Waals surface area contributed by atoms with Crippen LogP contribution in [0.15, 0.2) is 24.3 Å². The van der Waals surface area contributed by atoms with E-state index in [0.717, 1.165) is 31.2 Å². The van der Waals surface area contributed by atoms with Gasteiger partial charge in [-0.3, -0.25) is 0 Å². The summed E-state index contributed by atoms with van der Waals surface area (Å²) < 4.78 is 0. The van der Waals surface area contributed by atoms with Crippen LogP contribution in [0, 0.1) is 11.8 Å². The van der Waals surface area contributed by atoms with Gasteiger partial charge in [0.2, 0.25) is 0 Å². The van der Waals surface area contributed by atoms with E-state index in [2.05, 4.69) is 45.0 Å². The molecule has 106 valence electrons. The summed E-state index contributed by atoms with van der Waals surface area (Å²) in [7, 11) is 0. The Morgan fingerprint density at radius 3 is 2.53 bits per heavy atom. The van der Waals surface area contributed by atoms with E-state index in [9.17, 15) is 5.11 Å². The minimum atomic E-state index is -0.585. The molecule has 0 radical (unpaired) electrons. The maximum Gasteiger partial charge on any atom is 0.0899 e. The monoisotopic (exact) mass is 260 g/mol. The Morgan fingerprint density at radius 1 is 1.26 bits per heavy atom. The molecule has 1 aromatic rings. The number of aryl methyl sites for hydroxylation is 1. The van der Waals surface area contributed by atoms with Crippen LogP contribution < -0.4 is 0 Å². The van der Waals surface area contributed by atoms with Crippen LogP contribution in [-0.2, 0) is 12.0 Å². The van der Waals surface area contributed by atoms with Gasteiger partial charge in [-0.1, -0.05) is 51.5 Å². The molecule has 1 heteroatoms. The Balaban J connectivity index is 2.14. The molecule has 19 heavy (non-hydrogen) atoms. The highest BCUT2D eigenvalue weighted by Gasteiger charge is 2.36. The normalized spacial score (nSPS) is 27.7. The lowest BCUT2D eigenvalue weighted by atomic mass is 9.71. The molecule has 0 spiro atoms. The fourth-order valence-electron chi connectivity index (χ4n) is 3.40. The molecule has 0 aromatic heterocycles. The standard InChI is InChI=1S/C18H28O/c1-4-6-15-8-10-17(11-9-15)18(19)12-5-7-16(13-18)14(2)3/h8-11,14,16,19H,4-7,12-13H2,1-3H3. The Labute approximate surface area is 118 Å². The maximum absolute atomic E-state index is 11.0. The van der Waals surface area contributed by atoms with E-state index in [0.29, 0.717) is 11.8 Å². The minimum Gasteiger partial charge on any atom is -0.385 e. The summed E-state index contributed by atoms with van der Waals surface area (Å²) in [6.45, 7) is 6.76. The van der Waals surface area contributed by atoms with Crippen LogP contribution in [0.25, 0.3) is 0 Å². The lowest BCUT2D eigenvalue weighted by molar-refractivity contribution is -0.0295. The van der Waals surface area contributed by atoms with E-state index in [1.165, 1.54) is 18.4 Å². The van der Waals surface area contributed by atoms with Crippen molar-refractivity contribution in [1.29, 1.82) is 0 Å². The quantitative estimate of drug-likeness (QED) is 0.834. The first-order chi connectivity index (χ1) is 9.05. The van der Waals surface area contributed by atoms with E-state index in [-0.39, 0.29) is 0 Å². The van der Waals surface area contributed by atoms with E-state index < -0.39 is 5.60 Å². The van der Waals surface area contributed by atoms with Crippen molar-refractivity contribution >= 4 is 0 Å². The largest absolute Gasteiger partial charge is 0.385 e. The molecule has 0 saturated heterocycles.